The van der Waals surface area contributed by atoms with Crippen LogP contribution in [0.15, 0.2) is 30.6 Å². The van der Waals surface area contributed by atoms with Gasteiger partial charge in [-0.3, -0.25) is 0 Å². The smallest absolute Gasteiger partial charge is 0.225 e. The van der Waals surface area contributed by atoms with Gasteiger partial charge >= 0.3 is 0 Å². The standard InChI is InChI=1S/C16H16ClN5OS/c1-23-12-4-3-11(17)14-13(12)20-16(24-14)22-9-7-21(8-10-22)15-18-5-2-6-19-15/h2-6H,7-10H2,1H3. The van der Waals surface area contributed by atoms with Crippen LogP contribution in [0.2, 0.25) is 5.02 Å². The first-order valence-corrected chi connectivity index (χ1v) is 8.85. The van der Waals surface area contributed by atoms with Crippen molar-refractivity contribution in [3.63, 3.8) is 0 Å². The minimum atomic E-state index is 0.714. The van der Waals surface area contributed by atoms with E-state index < -0.39 is 0 Å². The number of benzene rings is 1. The molecule has 0 unspecified atom stereocenters. The Bertz CT molecular complexity index is 848. The molecule has 0 N–H and O–H groups in total. The largest absolute Gasteiger partial charge is 0.494 e. The highest BCUT2D eigenvalue weighted by atomic mass is 35.5. The van der Waals surface area contributed by atoms with Crippen LogP contribution in [-0.4, -0.2) is 48.2 Å². The molecule has 0 amide bonds. The first-order chi connectivity index (χ1) is 11.8. The second kappa shape index (κ2) is 6.41. The molecule has 124 valence electrons. The quantitative estimate of drug-likeness (QED) is 0.714. The van der Waals surface area contributed by atoms with Gasteiger partial charge < -0.3 is 14.5 Å². The Labute approximate surface area is 148 Å². The first-order valence-electron chi connectivity index (χ1n) is 7.66. The molecule has 1 aliphatic heterocycles. The zero-order valence-corrected chi connectivity index (χ0v) is 14.7. The van der Waals surface area contributed by atoms with Crippen LogP contribution in [0.1, 0.15) is 0 Å². The van der Waals surface area contributed by atoms with E-state index >= 15 is 0 Å². The van der Waals surface area contributed by atoms with Gasteiger partial charge in [-0.2, -0.15) is 0 Å². The predicted molar refractivity (Wildman–Crippen MR) is 97.6 cm³/mol. The molecule has 1 fully saturated rings. The number of rotatable bonds is 3. The lowest BCUT2D eigenvalue weighted by molar-refractivity contribution is 0.419. The third-order valence-electron chi connectivity index (χ3n) is 4.05. The van der Waals surface area contributed by atoms with Crippen molar-refractivity contribution in [2.24, 2.45) is 0 Å². The Hall–Kier alpha value is -2.12. The van der Waals surface area contributed by atoms with Gasteiger partial charge in [-0.1, -0.05) is 22.9 Å². The molecule has 3 heterocycles. The van der Waals surface area contributed by atoms with E-state index in [9.17, 15) is 0 Å². The second-order valence-corrected chi connectivity index (χ2v) is 6.83. The van der Waals surface area contributed by atoms with Crippen LogP contribution in [0.25, 0.3) is 10.2 Å². The number of ether oxygens (including phenoxy) is 1. The molecule has 0 saturated carbocycles. The topological polar surface area (TPSA) is 54.4 Å². The fourth-order valence-electron chi connectivity index (χ4n) is 2.79. The SMILES string of the molecule is COc1ccc(Cl)c2sc(N3CCN(c4ncccn4)CC3)nc12. The van der Waals surface area contributed by atoms with Crippen LogP contribution in [-0.2, 0) is 0 Å². The van der Waals surface area contributed by atoms with E-state index in [1.165, 1.54) is 0 Å². The number of halogens is 1. The van der Waals surface area contributed by atoms with Crippen molar-refractivity contribution in [2.75, 3.05) is 43.1 Å². The monoisotopic (exact) mass is 361 g/mol. The molecule has 1 saturated heterocycles. The predicted octanol–water partition coefficient (Wildman–Crippen LogP) is 3.07. The number of fused-ring (bicyclic) bond motifs is 1. The van der Waals surface area contributed by atoms with E-state index in [4.69, 9.17) is 21.3 Å². The Morgan fingerprint density at radius 3 is 2.50 bits per heavy atom. The van der Waals surface area contributed by atoms with Gasteiger partial charge in [0.2, 0.25) is 5.95 Å². The first kappa shape index (κ1) is 15.4. The average molecular weight is 362 g/mol. The fourth-order valence-corrected chi connectivity index (χ4v) is 4.10. The lowest BCUT2D eigenvalue weighted by Crippen LogP contribution is -2.47. The summed E-state index contributed by atoms with van der Waals surface area (Å²) in [6.45, 7) is 3.48. The highest BCUT2D eigenvalue weighted by Gasteiger charge is 2.22. The number of hydrogen-bond acceptors (Lipinski definition) is 7. The van der Waals surface area contributed by atoms with E-state index in [1.54, 1.807) is 30.8 Å². The number of anilines is 2. The van der Waals surface area contributed by atoms with Crippen LogP contribution in [0.3, 0.4) is 0 Å². The zero-order chi connectivity index (χ0) is 16.5. The van der Waals surface area contributed by atoms with Gasteiger partial charge in [-0.25, -0.2) is 15.0 Å². The summed E-state index contributed by atoms with van der Waals surface area (Å²) in [4.78, 5) is 17.9. The Balaban J connectivity index is 1.56. The summed E-state index contributed by atoms with van der Waals surface area (Å²) in [6.07, 6.45) is 3.55. The van der Waals surface area contributed by atoms with Crippen LogP contribution >= 0.6 is 22.9 Å². The normalized spacial score (nSPS) is 15.1. The van der Waals surface area contributed by atoms with Crippen LogP contribution in [0, 0.1) is 0 Å². The van der Waals surface area contributed by atoms with Gasteiger partial charge in [0.1, 0.15) is 11.3 Å². The van der Waals surface area contributed by atoms with Crippen molar-refractivity contribution in [2.45, 2.75) is 0 Å². The summed E-state index contributed by atoms with van der Waals surface area (Å²) < 4.78 is 6.37. The number of nitrogens with zero attached hydrogens (tertiary/aromatic N) is 5. The number of methoxy groups -OCH3 is 1. The molecule has 2 aromatic heterocycles. The highest BCUT2D eigenvalue weighted by Crippen LogP contribution is 2.38. The maximum absolute atomic E-state index is 6.31. The van der Waals surface area contributed by atoms with E-state index in [2.05, 4.69) is 19.8 Å². The lowest BCUT2D eigenvalue weighted by Gasteiger charge is -2.34. The van der Waals surface area contributed by atoms with Crippen molar-refractivity contribution in [1.82, 2.24) is 15.0 Å². The molecule has 6 nitrogen and oxygen atoms in total. The van der Waals surface area contributed by atoms with E-state index in [0.717, 1.165) is 53.2 Å². The molecule has 4 rings (SSSR count). The summed E-state index contributed by atoms with van der Waals surface area (Å²) in [5.41, 5.74) is 0.832. The Morgan fingerprint density at radius 1 is 1.08 bits per heavy atom. The lowest BCUT2D eigenvalue weighted by atomic mass is 10.3. The summed E-state index contributed by atoms with van der Waals surface area (Å²) in [5, 5.41) is 1.69. The molecule has 3 aromatic rings. The van der Waals surface area contributed by atoms with E-state index in [-0.39, 0.29) is 0 Å². The Kier molecular flexibility index (Phi) is 4.12. The molecular formula is C16H16ClN5OS. The second-order valence-electron chi connectivity index (χ2n) is 5.45. The van der Waals surface area contributed by atoms with Crippen LogP contribution in [0.4, 0.5) is 11.1 Å². The molecular weight excluding hydrogens is 346 g/mol. The molecule has 24 heavy (non-hydrogen) atoms. The van der Waals surface area contributed by atoms with Crippen molar-refractivity contribution in [3.05, 3.63) is 35.6 Å². The minimum Gasteiger partial charge on any atom is -0.494 e. The van der Waals surface area contributed by atoms with Gasteiger partial charge in [0.05, 0.1) is 16.8 Å². The molecule has 0 bridgehead atoms. The van der Waals surface area contributed by atoms with Gasteiger partial charge in [0.25, 0.3) is 0 Å². The minimum absolute atomic E-state index is 0.714. The van der Waals surface area contributed by atoms with Crippen LogP contribution < -0.4 is 14.5 Å². The van der Waals surface area contributed by atoms with E-state index in [0.29, 0.717) is 5.02 Å². The molecule has 1 aromatic carbocycles. The number of hydrogen-bond donors (Lipinski definition) is 0. The van der Waals surface area contributed by atoms with Crippen molar-refractivity contribution in [3.8, 4) is 5.75 Å². The van der Waals surface area contributed by atoms with Gasteiger partial charge in [0.15, 0.2) is 5.13 Å². The van der Waals surface area contributed by atoms with Crippen molar-refractivity contribution < 1.29 is 4.74 Å². The van der Waals surface area contributed by atoms with E-state index in [1.807, 2.05) is 18.2 Å². The third kappa shape index (κ3) is 2.74. The third-order valence-corrected chi connectivity index (χ3v) is 5.63. The van der Waals surface area contributed by atoms with Crippen LogP contribution in [0.5, 0.6) is 5.75 Å². The summed E-state index contributed by atoms with van der Waals surface area (Å²) in [5.74, 6) is 1.54. The average Bonchev–Trinajstić information content (AvgIpc) is 3.09. The molecule has 0 spiro atoms. The van der Waals surface area contributed by atoms with Gasteiger partial charge in [0, 0.05) is 38.6 Å². The molecule has 0 aliphatic carbocycles. The number of piperazine rings is 1. The van der Waals surface area contributed by atoms with Crippen molar-refractivity contribution >= 4 is 44.2 Å². The maximum atomic E-state index is 6.31. The van der Waals surface area contributed by atoms with Gasteiger partial charge in [-0.15, -0.1) is 0 Å². The summed E-state index contributed by atoms with van der Waals surface area (Å²) >= 11 is 7.92. The molecule has 0 atom stereocenters. The molecule has 8 heteroatoms. The maximum Gasteiger partial charge on any atom is 0.225 e. The summed E-state index contributed by atoms with van der Waals surface area (Å²) in [6, 6.07) is 5.55. The number of aromatic nitrogens is 3. The number of thiazole rings is 1. The highest BCUT2D eigenvalue weighted by molar-refractivity contribution is 7.22. The fraction of sp³-hybridized carbons (Fsp3) is 0.312. The zero-order valence-electron chi connectivity index (χ0n) is 13.1. The van der Waals surface area contributed by atoms with Gasteiger partial charge in [-0.05, 0) is 18.2 Å². The Morgan fingerprint density at radius 2 is 1.79 bits per heavy atom. The molecule has 1 aliphatic rings. The summed E-state index contributed by atoms with van der Waals surface area (Å²) in [7, 11) is 1.65. The van der Waals surface area contributed by atoms with Crippen molar-refractivity contribution in [1.29, 1.82) is 0 Å². The molecule has 0 radical (unpaired) electrons.